The monoisotopic (exact) mass is 519 g/mol. The van der Waals surface area contributed by atoms with Crippen molar-refractivity contribution in [2.45, 2.75) is 13.5 Å². The van der Waals surface area contributed by atoms with Gasteiger partial charge in [0.25, 0.3) is 0 Å². The van der Waals surface area contributed by atoms with Gasteiger partial charge in [0, 0.05) is 57.1 Å². The lowest BCUT2D eigenvalue weighted by atomic mass is 9.97. The summed E-state index contributed by atoms with van der Waals surface area (Å²) in [6, 6.07) is 8.89. The lowest BCUT2D eigenvalue weighted by molar-refractivity contribution is 0.246. The first kappa shape index (κ1) is 25.6. The lowest BCUT2D eigenvalue weighted by Gasteiger charge is -2.35. The van der Waals surface area contributed by atoms with Gasteiger partial charge in [-0.2, -0.15) is 4.98 Å². The quantitative estimate of drug-likeness (QED) is 0.540. The number of carbonyl (C=O) groups is 1. The third-order valence-electron chi connectivity index (χ3n) is 7.12. The molecule has 1 aromatic heterocycles. The Morgan fingerprint density at radius 1 is 1.05 bits per heavy atom. The maximum Gasteiger partial charge on any atom is 0.328 e. The topological polar surface area (TPSA) is 67.8 Å². The number of nitrogens with one attached hydrogen (secondary N) is 1. The maximum atomic E-state index is 15.0. The Hall–Kier alpha value is -4.05. The summed E-state index contributed by atoms with van der Waals surface area (Å²) in [7, 11) is 5.91. The van der Waals surface area contributed by atoms with Crippen molar-refractivity contribution >= 4 is 29.2 Å². The van der Waals surface area contributed by atoms with Crippen molar-refractivity contribution in [1.82, 2.24) is 25.1 Å². The van der Waals surface area contributed by atoms with E-state index in [4.69, 9.17) is 9.97 Å². The molecule has 0 bridgehead atoms. The first-order valence-electron chi connectivity index (χ1n) is 12.5. The normalized spacial score (nSPS) is 15.8. The molecular weight excluding hydrogens is 488 g/mol. The average molecular weight is 520 g/mol. The van der Waals surface area contributed by atoms with E-state index in [9.17, 15) is 13.6 Å². The van der Waals surface area contributed by atoms with Crippen LogP contribution in [0.5, 0.6) is 0 Å². The number of urea groups is 1. The molecular formula is C28H31F2N7O. The summed E-state index contributed by atoms with van der Waals surface area (Å²) in [6.45, 7) is 9.30. The van der Waals surface area contributed by atoms with Crippen LogP contribution in [0.15, 0.2) is 43.0 Å². The smallest absolute Gasteiger partial charge is 0.328 e. The lowest BCUT2D eigenvalue weighted by Crippen LogP contribution is -2.46. The summed E-state index contributed by atoms with van der Waals surface area (Å²) in [5.74, 6) is -1.11. The van der Waals surface area contributed by atoms with Crippen LogP contribution in [-0.4, -0.2) is 73.1 Å². The molecule has 0 atom stereocenters. The number of amides is 2. The summed E-state index contributed by atoms with van der Waals surface area (Å²) in [4.78, 5) is 30.0. The fourth-order valence-corrected chi connectivity index (χ4v) is 4.74. The molecule has 1 saturated heterocycles. The van der Waals surface area contributed by atoms with Gasteiger partial charge in [-0.3, -0.25) is 0 Å². The van der Waals surface area contributed by atoms with E-state index in [2.05, 4.69) is 23.8 Å². The van der Waals surface area contributed by atoms with Crippen molar-refractivity contribution in [2.24, 2.45) is 0 Å². The average Bonchev–Trinajstić information content (AvgIpc) is 2.89. The van der Waals surface area contributed by atoms with Crippen LogP contribution < -0.4 is 15.1 Å². The molecule has 2 aromatic carbocycles. The zero-order valence-corrected chi connectivity index (χ0v) is 22.1. The zero-order valence-electron chi connectivity index (χ0n) is 22.1. The number of rotatable bonds is 5. The summed E-state index contributed by atoms with van der Waals surface area (Å²) in [6.07, 6.45) is 0. The minimum absolute atomic E-state index is 0.122. The fraction of sp³-hybridized carbons (Fsp3) is 0.321. The Labute approximate surface area is 221 Å². The van der Waals surface area contributed by atoms with Crippen molar-refractivity contribution in [3.63, 3.8) is 0 Å². The van der Waals surface area contributed by atoms with Crippen LogP contribution in [0.2, 0.25) is 0 Å². The Bertz CT molecular complexity index is 1400. The summed E-state index contributed by atoms with van der Waals surface area (Å²) in [5.41, 5.74) is 4.28. The van der Waals surface area contributed by atoms with Gasteiger partial charge in [0.1, 0.15) is 17.3 Å². The van der Waals surface area contributed by atoms with E-state index >= 15 is 0 Å². The third kappa shape index (κ3) is 4.56. The Kier molecular flexibility index (Phi) is 6.75. The van der Waals surface area contributed by atoms with Crippen molar-refractivity contribution < 1.29 is 13.6 Å². The molecule has 1 fully saturated rings. The predicted molar refractivity (Wildman–Crippen MR) is 145 cm³/mol. The van der Waals surface area contributed by atoms with Gasteiger partial charge < -0.3 is 20.0 Å². The number of hydrogen-bond donors (Lipinski definition) is 1. The van der Waals surface area contributed by atoms with Crippen LogP contribution in [0.1, 0.15) is 16.7 Å². The van der Waals surface area contributed by atoms with Crippen LogP contribution >= 0.6 is 0 Å². The number of anilines is 3. The summed E-state index contributed by atoms with van der Waals surface area (Å²) in [5, 5.41) is 2.76. The molecule has 0 aliphatic carbocycles. The highest BCUT2D eigenvalue weighted by Gasteiger charge is 2.35. The number of para-hydroxylation sites is 1. The number of aryl methyl sites for hydroxylation is 1. The first-order chi connectivity index (χ1) is 18.2. The highest BCUT2D eigenvalue weighted by molar-refractivity contribution is 6.02. The fourth-order valence-electron chi connectivity index (χ4n) is 4.74. The third-order valence-corrected chi connectivity index (χ3v) is 7.12. The SMILES string of the molecule is C=C(c1ccc(C)c(-c2nc(N3CCN(C)CC3)nc3c2CNC(=O)N3c2c(F)cccc2F)c1)N(C)C. The minimum atomic E-state index is -0.852. The Balaban J connectivity index is 1.75. The van der Waals surface area contributed by atoms with Crippen LogP contribution in [-0.2, 0) is 6.54 Å². The molecule has 1 N–H and O–H groups in total. The second kappa shape index (κ2) is 10.0. The summed E-state index contributed by atoms with van der Waals surface area (Å²) >= 11 is 0. The van der Waals surface area contributed by atoms with Gasteiger partial charge >= 0.3 is 6.03 Å². The van der Waals surface area contributed by atoms with Gasteiger partial charge in [-0.05, 0) is 43.3 Å². The predicted octanol–water partition coefficient (Wildman–Crippen LogP) is 4.38. The first-order valence-corrected chi connectivity index (χ1v) is 12.5. The van der Waals surface area contributed by atoms with Crippen LogP contribution in [0.4, 0.5) is 31.0 Å². The molecule has 3 aromatic rings. The number of piperazine rings is 1. The van der Waals surface area contributed by atoms with Gasteiger partial charge in [-0.1, -0.05) is 24.8 Å². The van der Waals surface area contributed by atoms with E-state index in [0.29, 0.717) is 30.3 Å². The van der Waals surface area contributed by atoms with E-state index < -0.39 is 23.4 Å². The van der Waals surface area contributed by atoms with Crippen molar-refractivity contribution in [2.75, 3.05) is 57.1 Å². The van der Waals surface area contributed by atoms with Crippen LogP contribution in [0.3, 0.4) is 0 Å². The van der Waals surface area contributed by atoms with E-state index in [1.54, 1.807) is 0 Å². The number of nitrogens with zero attached hydrogens (tertiary/aromatic N) is 6. The standard InChI is InChI=1S/C28H31F2N7O/c1-17-9-10-19(18(2)34(3)4)15-20(17)24-21-16-31-28(38)37(25-22(29)7-6-8-23(25)30)26(21)33-27(32-24)36-13-11-35(5)12-14-36/h6-10,15H,2,11-14,16H2,1,3-5H3,(H,31,38). The van der Waals surface area contributed by atoms with E-state index in [-0.39, 0.29) is 12.4 Å². The molecule has 0 unspecified atom stereocenters. The van der Waals surface area contributed by atoms with Gasteiger partial charge in [0.2, 0.25) is 5.95 Å². The number of hydrogen-bond acceptors (Lipinski definition) is 6. The van der Waals surface area contributed by atoms with Gasteiger partial charge in [-0.25, -0.2) is 23.5 Å². The molecule has 0 saturated carbocycles. The molecule has 2 amide bonds. The van der Waals surface area contributed by atoms with Gasteiger partial charge in [-0.15, -0.1) is 0 Å². The van der Waals surface area contributed by atoms with Crippen molar-refractivity contribution in [3.8, 4) is 11.3 Å². The largest absolute Gasteiger partial charge is 0.378 e. The van der Waals surface area contributed by atoms with E-state index in [0.717, 1.165) is 52.5 Å². The molecule has 3 heterocycles. The number of fused-ring (bicyclic) bond motifs is 1. The second-order valence-electron chi connectivity index (χ2n) is 9.90. The Morgan fingerprint density at radius 3 is 2.39 bits per heavy atom. The molecule has 0 spiro atoms. The minimum Gasteiger partial charge on any atom is -0.378 e. The van der Waals surface area contributed by atoms with Crippen molar-refractivity contribution in [3.05, 3.63) is 71.3 Å². The zero-order chi connectivity index (χ0) is 27.1. The van der Waals surface area contributed by atoms with Gasteiger partial charge in [0.05, 0.1) is 12.2 Å². The molecule has 2 aliphatic rings. The van der Waals surface area contributed by atoms with Crippen LogP contribution in [0, 0.1) is 18.6 Å². The molecule has 0 radical (unpaired) electrons. The highest BCUT2D eigenvalue weighted by Crippen LogP contribution is 2.40. The van der Waals surface area contributed by atoms with E-state index in [1.807, 2.05) is 49.0 Å². The number of halogens is 2. The molecule has 38 heavy (non-hydrogen) atoms. The van der Waals surface area contributed by atoms with Crippen LogP contribution in [0.25, 0.3) is 17.0 Å². The number of likely N-dealkylation sites (N-methyl/N-ethyl adjacent to an activating group) is 1. The number of benzene rings is 2. The number of aromatic nitrogens is 2. The molecule has 5 rings (SSSR count). The molecule has 10 heteroatoms. The van der Waals surface area contributed by atoms with Gasteiger partial charge in [0.15, 0.2) is 5.82 Å². The second-order valence-corrected chi connectivity index (χ2v) is 9.90. The molecule has 2 aliphatic heterocycles. The maximum absolute atomic E-state index is 15.0. The van der Waals surface area contributed by atoms with Crippen molar-refractivity contribution in [1.29, 1.82) is 0 Å². The Morgan fingerprint density at radius 2 is 1.74 bits per heavy atom. The van der Waals surface area contributed by atoms with E-state index in [1.165, 1.54) is 6.07 Å². The highest BCUT2D eigenvalue weighted by atomic mass is 19.1. The number of carbonyl (C=O) groups excluding carboxylic acids is 1. The molecule has 198 valence electrons. The molecule has 8 nitrogen and oxygen atoms in total. The summed E-state index contributed by atoms with van der Waals surface area (Å²) < 4.78 is 29.9.